The molecule has 10 heteroatoms. The fraction of sp³-hybridized carbons (Fsp3) is 0.348. The lowest BCUT2D eigenvalue weighted by atomic mass is 9.99. The van der Waals surface area contributed by atoms with Crippen LogP contribution in [0.25, 0.3) is 6.08 Å². The van der Waals surface area contributed by atoms with Gasteiger partial charge < -0.3 is 44.5 Å². The van der Waals surface area contributed by atoms with Crippen LogP contribution in [-0.4, -0.2) is 82.8 Å². The van der Waals surface area contributed by atoms with Gasteiger partial charge in [-0.3, -0.25) is 4.79 Å². The monoisotopic (exact) mass is 462 g/mol. The molecule has 2 aromatic rings. The Kier molecular flexibility index (Phi) is 7.90. The van der Waals surface area contributed by atoms with Gasteiger partial charge in [-0.1, -0.05) is 18.2 Å². The van der Waals surface area contributed by atoms with E-state index >= 15 is 0 Å². The third-order valence-corrected chi connectivity index (χ3v) is 5.16. The Hall–Kier alpha value is -3.15. The van der Waals surface area contributed by atoms with Gasteiger partial charge in [-0.05, 0) is 23.8 Å². The highest BCUT2D eigenvalue weighted by atomic mass is 16.7. The van der Waals surface area contributed by atoms with Crippen molar-refractivity contribution in [1.29, 1.82) is 0 Å². The number of methoxy groups -OCH3 is 2. The third-order valence-electron chi connectivity index (χ3n) is 5.16. The number of phenols is 1. The highest BCUT2D eigenvalue weighted by molar-refractivity contribution is 6.10. The minimum atomic E-state index is -1.54. The van der Waals surface area contributed by atoms with Crippen LogP contribution in [0.3, 0.4) is 0 Å². The maximum atomic E-state index is 12.6. The van der Waals surface area contributed by atoms with Crippen LogP contribution in [0.5, 0.6) is 23.0 Å². The first-order chi connectivity index (χ1) is 15.8. The SMILES string of the molecule is COc1cc(O)c(C(=O)C=Cc2ccc(O[C@@H]3O[C@H](CO)[C@@H](O)[C@H](O)[C@H]3O)cc2)c(OC)c1. The normalized spacial score (nSPS) is 25.1. The molecular formula is C23H26O10. The summed E-state index contributed by atoms with van der Waals surface area (Å²) in [5.74, 6) is 0.0553. The van der Waals surface area contributed by atoms with E-state index in [1.165, 1.54) is 38.5 Å². The molecule has 33 heavy (non-hydrogen) atoms. The predicted octanol–water partition coefficient (Wildman–Crippen LogP) is 0.484. The number of allylic oxidation sites excluding steroid dienone is 1. The molecule has 1 aliphatic rings. The zero-order chi connectivity index (χ0) is 24.1. The topological polar surface area (TPSA) is 155 Å². The number of aliphatic hydroxyl groups is 4. The summed E-state index contributed by atoms with van der Waals surface area (Å²) in [6, 6.07) is 9.18. The summed E-state index contributed by atoms with van der Waals surface area (Å²) in [7, 11) is 2.81. The van der Waals surface area contributed by atoms with E-state index in [2.05, 4.69) is 0 Å². The molecule has 178 valence electrons. The van der Waals surface area contributed by atoms with Crippen LogP contribution in [-0.2, 0) is 4.74 Å². The number of ketones is 1. The van der Waals surface area contributed by atoms with Crippen LogP contribution in [0.15, 0.2) is 42.5 Å². The molecule has 3 rings (SSSR count). The number of ether oxygens (including phenoxy) is 4. The molecule has 10 nitrogen and oxygen atoms in total. The number of benzene rings is 2. The molecule has 0 aliphatic carbocycles. The summed E-state index contributed by atoms with van der Waals surface area (Å²) >= 11 is 0. The maximum Gasteiger partial charge on any atom is 0.229 e. The van der Waals surface area contributed by atoms with Crippen molar-refractivity contribution in [3.05, 3.63) is 53.6 Å². The molecule has 0 aromatic heterocycles. The van der Waals surface area contributed by atoms with Crippen LogP contribution >= 0.6 is 0 Å². The van der Waals surface area contributed by atoms with Gasteiger partial charge in [-0.25, -0.2) is 0 Å². The van der Waals surface area contributed by atoms with Crippen molar-refractivity contribution in [2.45, 2.75) is 30.7 Å². The second-order valence-electron chi connectivity index (χ2n) is 7.31. The van der Waals surface area contributed by atoms with Crippen LogP contribution in [0.2, 0.25) is 0 Å². The first-order valence-corrected chi connectivity index (χ1v) is 10.0. The summed E-state index contributed by atoms with van der Waals surface area (Å²) in [4.78, 5) is 12.6. The third kappa shape index (κ3) is 5.44. The van der Waals surface area contributed by atoms with Gasteiger partial charge in [0.1, 0.15) is 53.0 Å². The van der Waals surface area contributed by atoms with Gasteiger partial charge in [-0.15, -0.1) is 0 Å². The number of rotatable bonds is 8. The molecule has 1 fully saturated rings. The predicted molar refractivity (Wildman–Crippen MR) is 115 cm³/mol. The molecule has 0 radical (unpaired) electrons. The number of carbonyl (C=O) groups excluding carboxylic acids is 1. The van der Waals surface area contributed by atoms with Crippen molar-refractivity contribution in [3.63, 3.8) is 0 Å². The Labute approximate surface area is 189 Å². The second kappa shape index (κ2) is 10.6. The van der Waals surface area contributed by atoms with E-state index in [1.54, 1.807) is 24.3 Å². The number of aliphatic hydroxyl groups excluding tert-OH is 4. The van der Waals surface area contributed by atoms with Gasteiger partial charge in [0.15, 0.2) is 5.78 Å². The Bertz CT molecular complexity index is 985. The standard InChI is InChI=1S/C23H26O10/c1-30-14-9-16(26)19(17(10-14)31-2)15(25)8-5-12-3-6-13(7-4-12)32-23-22(29)21(28)20(27)18(11-24)33-23/h3-10,18,20-24,26-29H,11H2,1-2H3/t18-,20-,21+,22-,23-/m1/s1. The lowest BCUT2D eigenvalue weighted by Crippen LogP contribution is -2.60. The van der Waals surface area contributed by atoms with Gasteiger partial charge in [0, 0.05) is 12.1 Å². The van der Waals surface area contributed by atoms with Crippen LogP contribution in [0.1, 0.15) is 15.9 Å². The summed E-state index contributed by atoms with van der Waals surface area (Å²) < 4.78 is 21.1. The van der Waals surface area contributed by atoms with Crippen molar-refractivity contribution in [2.24, 2.45) is 0 Å². The first kappa shape index (κ1) is 24.5. The van der Waals surface area contributed by atoms with Crippen molar-refractivity contribution >= 4 is 11.9 Å². The number of carbonyl (C=O) groups is 1. The highest BCUT2D eigenvalue weighted by Gasteiger charge is 2.44. The molecule has 0 amide bonds. The van der Waals surface area contributed by atoms with Crippen LogP contribution in [0, 0.1) is 0 Å². The molecule has 0 saturated carbocycles. The molecule has 1 heterocycles. The Morgan fingerprint density at radius 2 is 1.70 bits per heavy atom. The number of hydrogen-bond donors (Lipinski definition) is 5. The quantitative estimate of drug-likeness (QED) is 0.276. The van der Waals surface area contributed by atoms with Crippen molar-refractivity contribution in [1.82, 2.24) is 0 Å². The van der Waals surface area contributed by atoms with Gasteiger partial charge >= 0.3 is 0 Å². The minimum absolute atomic E-state index is 0.00267. The lowest BCUT2D eigenvalue weighted by Gasteiger charge is -2.39. The molecule has 1 saturated heterocycles. The maximum absolute atomic E-state index is 12.6. The zero-order valence-electron chi connectivity index (χ0n) is 18.0. The Balaban J connectivity index is 1.69. The Morgan fingerprint density at radius 3 is 2.30 bits per heavy atom. The molecule has 5 N–H and O–H groups in total. The molecule has 0 spiro atoms. The van der Waals surface area contributed by atoms with Crippen molar-refractivity contribution in [3.8, 4) is 23.0 Å². The van der Waals surface area contributed by atoms with Gasteiger partial charge in [0.2, 0.25) is 6.29 Å². The largest absolute Gasteiger partial charge is 0.507 e. The Morgan fingerprint density at radius 1 is 1.00 bits per heavy atom. The lowest BCUT2D eigenvalue weighted by molar-refractivity contribution is -0.277. The molecular weight excluding hydrogens is 436 g/mol. The number of phenolic OH excluding ortho intramolecular Hbond substituents is 1. The van der Waals surface area contributed by atoms with E-state index in [9.17, 15) is 30.3 Å². The van der Waals surface area contributed by atoms with Crippen molar-refractivity contribution < 1.29 is 49.3 Å². The van der Waals surface area contributed by atoms with Gasteiger partial charge in [0.05, 0.1) is 20.8 Å². The van der Waals surface area contributed by atoms with Crippen molar-refractivity contribution in [2.75, 3.05) is 20.8 Å². The van der Waals surface area contributed by atoms with E-state index in [0.29, 0.717) is 11.3 Å². The van der Waals surface area contributed by atoms with Crippen LogP contribution in [0.4, 0.5) is 0 Å². The summed E-state index contributed by atoms with van der Waals surface area (Å²) in [6.07, 6.45) is -4.10. The number of hydrogen-bond acceptors (Lipinski definition) is 10. The molecule has 0 bridgehead atoms. The summed E-state index contributed by atoms with van der Waals surface area (Å²) in [5, 5.41) is 49.2. The fourth-order valence-electron chi connectivity index (χ4n) is 3.31. The van der Waals surface area contributed by atoms with Gasteiger partial charge in [-0.2, -0.15) is 0 Å². The minimum Gasteiger partial charge on any atom is -0.507 e. The smallest absolute Gasteiger partial charge is 0.229 e. The molecule has 0 unspecified atom stereocenters. The fourth-order valence-corrected chi connectivity index (χ4v) is 3.31. The molecule has 5 atom stereocenters. The van der Waals surface area contributed by atoms with Gasteiger partial charge in [0.25, 0.3) is 0 Å². The van der Waals surface area contributed by atoms with E-state index in [-0.39, 0.29) is 22.8 Å². The highest BCUT2D eigenvalue weighted by Crippen LogP contribution is 2.34. The first-order valence-electron chi connectivity index (χ1n) is 10.0. The summed E-state index contributed by atoms with van der Waals surface area (Å²) in [5.41, 5.74) is 0.633. The molecule has 2 aromatic carbocycles. The molecule has 1 aliphatic heterocycles. The van der Waals surface area contributed by atoms with E-state index < -0.39 is 43.1 Å². The van der Waals surface area contributed by atoms with E-state index in [1.807, 2.05) is 0 Å². The van der Waals surface area contributed by atoms with E-state index in [0.717, 1.165) is 0 Å². The summed E-state index contributed by atoms with van der Waals surface area (Å²) in [6.45, 7) is -0.558. The zero-order valence-corrected chi connectivity index (χ0v) is 18.0. The van der Waals surface area contributed by atoms with E-state index in [4.69, 9.17) is 18.9 Å². The number of aromatic hydroxyl groups is 1. The second-order valence-corrected chi connectivity index (χ2v) is 7.31. The average Bonchev–Trinajstić information content (AvgIpc) is 2.83. The average molecular weight is 462 g/mol. The van der Waals surface area contributed by atoms with Crippen LogP contribution < -0.4 is 14.2 Å².